The van der Waals surface area contributed by atoms with Crippen molar-refractivity contribution in [1.82, 2.24) is 14.8 Å². The van der Waals surface area contributed by atoms with Crippen LogP contribution in [0.2, 0.25) is 0 Å². The molecule has 0 fully saturated rings. The van der Waals surface area contributed by atoms with Gasteiger partial charge in [0.2, 0.25) is 0 Å². The number of hydrogen-bond donors (Lipinski definition) is 1. The fraction of sp³-hybridized carbons (Fsp3) is 0.125. The van der Waals surface area contributed by atoms with Gasteiger partial charge in [-0.05, 0) is 18.6 Å². The van der Waals surface area contributed by atoms with E-state index in [2.05, 4.69) is 10.1 Å². The summed E-state index contributed by atoms with van der Waals surface area (Å²) in [5, 5.41) is 4.36. The summed E-state index contributed by atoms with van der Waals surface area (Å²) in [5.74, 6) is 0.0917. The lowest BCUT2D eigenvalue weighted by Crippen LogP contribution is -1.97. The molecule has 0 aliphatic rings. The van der Waals surface area contributed by atoms with Gasteiger partial charge in [0.25, 0.3) is 0 Å². The van der Waals surface area contributed by atoms with Crippen molar-refractivity contribution in [2.75, 3.05) is 5.73 Å². The van der Waals surface area contributed by atoms with E-state index in [1.54, 1.807) is 24.0 Å². The van der Waals surface area contributed by atoms with Gasteiger partial charge in [0.1, 0.15) is 11.5 Å². The minimum atomic E-state index is -0.413. The van der Waals surface area contributed by atoms with Crippen LogP contribution in [0.25, 0.3) is 22.4 Å². The van der Waals surface area contributed by atoms with E-state index in [4.69, 9.17) is 5.73 Å². The molecule has 3 aromatic rings. The standard InChI is InChI=1S/C16H15FN4/c1-10-3-5-11(6-4-10)14-15(20-21(2)16(14)18)12-7-8-19-9-13(12)17/h3-9H,18H2,1-2H3. The van der Waals surface area contributed by atoms with Gasteiger partial charge in [0.05, 0.1) is 11.8 Å². The van der Waals surface area contributed by atoms with Crippen molar-refractivity contribution in [2.24, 2.45) is 7.05 Å². The Labute approximate surface area is 122 Å². The van der Waals surface area contributed by atoms with Crippen LogP contribution in [0.15, 0.2) is 42.7 Å². The first-order valence-electron chi connectivity index (χ1n) is 6.57. The average Bonchev–Trinajstić information content (AvgIpc) is 2.76. The number of rotatable bonds is 2. The van der Waals surface area contributed by atoms with E-state index < -0.39 is 5.82 Å². The third-order valence-corrected chi connectivity index (χ3v) is 3.46. The van der Waals surface area contributed by atoms with Crippen molar-refractivity contribution in [2.45, 2.75) is 6.92 Å². The molecule has 2 heterocycles. The molecule has 0 radical (unpaired) electrons. The third kappa shape index (κ3) is 2.27. The Morgan fingerprint density at radius 2 is 1.86 bits per heavy atom. The molecule has 0 unspecified atom stereocenters. The summed E-state index contributed by atoms with van der Waals surface area (Å²) in [5.41, 5.74) is 9.85. The molecule has 5 heteroatoms. The van der Waals surface area contributed by atoms with Crippen molar-refractivity contribution in [1.29, 1.82) is 0 Å². The van der Waals surface area contributed by atoms with Crippen molar-refractivity contribution in [3.63, 3.8) is 0 Å². The van der Waals surface area contributed by atoms with Crippen LogP contribution in [0.4, 0.5) is 10.2 Å². The smallest absolute Gasteiger partial charge is 0.150 e. The number of hydrogen-bond acceptors (Lipinski definition) is 3. The van der Waals surface area contributed by atoms with Gasteiger partial charge in [-0.1, -0.05) is 29.8 Å². The predicted molar refractivity (Wildman–Crippen MR) is 81.0 cm³/mol. The maximum absolute atomic E-state index is 14.0. The maximum atomic E-state index is 14.0. The summed E-state index contributed by atoms with van der Waals surface area (Å²) in [4.78, 5) is 3.77. The molecule has 2 aromatic heterocycles. The molecule has 0 bridgehead atoms. The second-order valence-corrected chi connectivity index (χ2v) is 4.95. The zero-order valence-electron chi connectivity index (χ0n) is 11.8. The van der Waals surface area contributed by atoms with E-state index in [1.807, 2.05) is 31.2 Å². The Balaban J connectivity index is 2.26. The van der Waals surface area contributed by atoms with E-state index in [1.165, 1.54) is 6.20 Å². The Morgan fingerprint density at radius 3 is 2.52 bits per heavy atom. The van der Waals surface area contributed by atoms with Crippen LogP contribution in [-0.4, -0.2) is 14.8 Å². The largest absolute Gasteiger partial charge is 0.383 e. The van der Waals surface area contributed by atoms with Gasteiger partial charge in [-0.25, -0.2) is 4.39 Å². The Hall–Kier alpha value is -2.69. The SMILES string of the molecule is Cc1ccc(-c2c(-c3ccncc3F)nn(C)c2N)cc1. The van der Waals surface area contributed by atoms with Crippen molar-refractivity contribution in [3.8, 4) is 22.4 Å². The summed E-state index contributed by atoms with van der Waals surface area (Å²) < 4.78 is 15.6. The molecular weight excluding hydrogens is 267 g/mol. The van der Waals surface area contributed by atoms with Crippen molar-refractivity contribution in [3.05, 3.63) is 54.1 Å². The highest BCUT2D eigenvalue weighted by Gasteiger charge is 2.19. The van der Waals surface area contributed by atoms with E-state index >= 15 is 0 Å². The number of halogens is 1. The molecule has 3 rings (SSSR count). The van der Waals surface area contributed by atoms with Gasteiger partial charge in [0.15, 0.2) is 5.82 Å². The monoisotopic (exact) mass is 282 g/mol. The highest BCUT2D eigenvalue weighted by atomic mass is 19.1. The number of nitrogen functional groups attached to an aromatic ring is 1. The van der Waals surface area contributed by atoms with Gasteiger partial charge >= 0.3 is 0 Å². The topological polar surface area (TPSA) is 56.7 Å². The molecule has 2 N–H and O–H groups in total. The number of nitrogens with two attached hydrogens (primary N) is 1. The zero-order valence-corrected chi connectivity index (χ0v) is 11.8. The Morgan fingerprint density at radius 1 is 1.14 bits per heavy atom. The molecule has 0 saturated carbocycles. The second kappa shape index (κ2) is 5.01. The van der Waals surface area contributed by atoms with Crippen LogP contribution in [-0.2, 0) is 7.05 Å². The van der Waals surface area contributed by atoms with E-state index in [0.29, 0.717) is 17.1 Å². The van der Waals surface area contributed by atoms with Crippen molar-refractivity contribution < 1.29 is 4.39 Å². The summed E-state index contributed by atoms with van der Waals surface area (Å²) in [7, 11) is 1.75. The molecule has 21 heavy (non-hydrogen) atoms. The molecule has 1 aromatic carbocycles. The van der Waals surface area contributed by atoms with E-state index in [9.17, 15) is 4.39 Å². The molecular formula is C16H15FN4. The van der Waals surface area contributed by atoms with E-state index in [-0.39, 0.29) is 0 Å². The average molecular weight is 282 g/mol. The minimum Gasteiger partial charge on any atom is -0.383 e. The van der Waals surface area contributed by atoms with E-state index in [0.717, 1.165) is 16.7 Å². The first-order valence-corrected chi connectivity index (χ1v) is 6.57. The third-order valence-electron chi connectivity index (χ3n) is 3.46. The lowest BCUT2D eigenvalue weighted by atomic mass is 10.0. The number of aromatic nitrogens is 3. The normalized spacial score (nSPS) is 10.8. The zero-order chi connectivity index (χ0) is 15.0. The fourth-order valence-corrected chi connectivity index (χ4v) is 2.30. The van der Waals surface area contributed by atoms with Gasteiger partial charge in [-0.2, -0.15) is 5.10 Å². The van der Waals surface area contributed by atoms with Crippen LogP contribution in [0.3, 0.4) is 0 Å². The van der Waals surface area contributed by atoms with Crippen LogP contribution in [0.1, 0.15) is 5.56 Å². The minimum absolute atomic E-state index is 0.396. The lowest BCUT2D eigenvalue weighted by molar-refractivity contribution is 0.623. The Kier molecular flexibility index (Phi) is 3.17. The molecule has 4 nitrogen and oxygen atoms in total. The molecule has 0 saturated heterocycles. The molecule has 106 valence electrons. The summed E-state index contributed by atoms with van der Waals surface area (Å²) in [6.45, 7) is 2.01. The van der Waals surface area contributed by atoms with Gasteiger partial charge < -0.3 is 5.73 Å². The molecule has 0 amide bonds. The van der Waals surface area contributed by atoms with Crippen LogP contribution in [0, 0.1) is 12.7 Å². The molecule has 0 aliphatic heterocycles. The predicted octanol–water partition coefficient (Wildman–Crippen LogP) is 3.18. The van der Waals surface area contributed by atoms with Crippen LogP contribution >= 0.6 is 0 Å². The second-order valence-electron chi connectivity index (χ2n) is 4.95. The van der Waals surface area contributed by atoms with Crippen LogP contribution < -0.4 is 5.73 Å². The number of pyridine rings is 1. The van der Waals surface area contributed by atoms with Gasteiger partial charge in [0, 0.05) is 18.8 Å². The number of aryl methyl sites for hydroxylation is 2. The van der Waals surface area contributed by atoms with Crippen molar-refractivity contribution >= 4 is 5.82 Å². The summed E-state index contributed by atoms with van der Waals surface area (Å²) in [6, 6.07) is 9.52. The number of anilines is 1. The highest BCUT2D eigenvalue weighted by Crippen LogP contribution is 2.36. The summed E-state index contributed by atoms with van der Waals surface area (Å²) in [6.07, 6.45) is 2.72. The number of nitrogens with zero attached hydrogens (tertiary/aromatic N) is 3. The maximum Gasteiger partial charge on any atom is 0.150 e. The molecule has 0 aliphatic carbocycles. The molecule has 0 spiro atoms. The lowest BCUT2D eigenvalue weighted by Gasteiger charge is -2.05. The van der Waals surface area contributed by atoms with Gasteiger partial charge in [-0.3, -0.25) is 9.67 Å². The number of benzene rings is 1. The van der Waals surface area contributed by atoms with Gasteiger partial charge in [-0.15, -0.1) is 0 Å². The first kappa shape index (κ1) is 13.3. The Bertz CT molecular complexity index is 791. The van der Waals surface area contributed by atoms with Crippen LogP contribution in [0.5, 0.6) is 0 Å². The quantitative estimate of drug-likeness (QED) is 0.785. The molecule has 0 atom stereocenters. The highest BCUT2D eigenvalue weighted by molar-refractivity contribution is 5.88. The first-order chi connectivity index (χ1) is 10.1. The summed E-state index contributed by atoms with van der Waals surface area (Å²) >= 11 is 0. The fourth-order valence-electron chi connectivity index (χ4n) is 2.30.